The Morgan fingerprint density at radius 3 is 2.39 bits per heavy atom. The van der Waals surface area contributed by atoms with Gasteiger partial charge in [0.1, 0.15) is 5.82 Å². The molecule has 0 atom stereocenters. The summed E-state index contributed by atoms with van der Waals surface area (Å²) in [5, 5.41) is 0. The minimum Gasteiger partial charge on any atom is -0.342 e. The summed E-state index contributed by atoms with van der Waals surface area (Å²) in [7, 11) is 0. The Bertz CT molecular complexity index is 514. The standard InChI is InChI=1S/C12H12F3N3/c13-12(14,15)9-3-1-8(2-4-9)11-17-7-10(18-11)5-6-16/h1-4,7H,5-6,16H2,(H,17,18). The van der Waals surface area contributed by atoms with Gasteiger partial charge in [0, 0.05) is 23.9 Å². The molecule has 0 aliphatic heterocycles. The van der Waals surface area contributed by atoms with Crippen LogP contribution in [-0.2, 0) is 12.6 Å². The summed E-state index contributed by atoms with van der Waals surface area (Å²) in [6.45, 7) is 0.495. The Kier molecular flexibility index (Phi) is 3.38. The van der Waals surface area contributed by atoms with Crippen LogP contribution in [0.4, 0.5) is 13.2 Å². The number of aromatic nitrogens is 2. The molecule has 1 aromatic carbocycles. The lowest BCUT2D eigenvalue weighted by Gasteiger charge is -2.06. The lowest BCUT2D eigenvalue weighted by atomic mass is 10.1. The highest BCUT2D eigenvalue weighted by Crippen LogP contribution is 2.30. The summed E-state index contributed by atoms with van der Waals surface area (Å²) < 4.78 is 37.2. The Balaban J connectivity index is 2.23. The molecule has 1 heterocycles. The fourth-order valence-electron chi connectivity index (χ4n) is 1.61. The van der Waals surface area contributed by atoms with Gasteiger partial charge in [0.2, 0.25) is 0 Å². The van der Waals surface area contributed by atoms with Crippen LogP contribution in [0.1, 0.15) is 11.3 Å². The molecule has 0 unspecified atom stereocenters. The lowest BCUT2D eigenvalue weighted by Crippen LogP contribution is -2.04. The van der Waals surface area contributed by atoms with E-state index in [9.17, 15) is 13.2 Å². The molecule has 0 saturated carbocycles. The number of nitrogens with zero attached hydrogens (tertiary/aromatic N) is 1. The second-order valence-corrected chi connectivity index (χ2v) is 3.87. The van der Waals surface area contributed by atoms with Gasteiger partial charge in [-0.15, -0.1) is 0 Å². The van der Waals surface area contributed by atoms with E-state index in [0.717, 1.165) is 17.8 Å². The third-order valence-corrected chi connectivity index (χ3v) is 2.53. The summed E-state index contributed by atoms with van der Waals surface area (Å²) in [5.74, 6) is 0.548. The Labute approximate surface area is 102 Å². The zero-order valence-electron chi connectivity index (χ0n) is 9.46. The summed E-state index contributed by atoms with van der Waals surface area (Å²) in [4.78, 5) is 7.12. The number of benzene rings is 1. The number of nitrogens with one attached hydrogen (secondary N) is 1. The van der Waals surface area contributed by atoms with E-state index in [1.807, 2.05) is 0 Å². The molecule has 2 aromatic rings. The molecule has 18 heavy (non-hydrogen) atoms. The molecule has 0 amide bonds. The molecule has 0 fully saturated rings. The van der Waals surface area contributed by atoms with Crippen molar-refractivity contribution < 1.29 is 13.2 Å². The Morgan fingerprint density at radius 2 is 1.83 bits per heavy atom. The van der Waals surface area contributed by atoms with Crippen LogP contribution in [0, 0.1) is 0 Å². The van der Waals surface area contributed by atoms with Crippen LogP contribution in [0.3, 0.4) is 0 Å². The van der Waals surface area contributed by atoms with Crippen molar-refractivity contribution >= 4 is 0 Å². The Hall–Kier alpha value is -1.82. The van der Waals surface area contributed by atoms with Gasteiger partial charge in [-0.2, -0.15) is 13.2 Å². The fraction of sp³-hybridized carbons (Fsp3) is 0.250. The first-order valence-electron chi connectivity index (χ1n) is 5.42. The second-order valence-electron chi connectivity index (χ2n) is 3.87. The van der Waals surface area contributed by atoms with Gasteiger partial charge in [0.05, 0.1) is 5.56 Å². The van der Waals surface area contributed by atoms with Crippen LogP contribution < -0.4 is 5.73 Å². The number of nitrogens with two attached hydrogens (primary N) is 1. The van der Waals surface area contributed by atoms with Gasteiger partial charge in [-0.25, -0.2) is 4.98 Å². The van der Waals surface area contributed by atoms with Crippen LogP contribution in [0.2, 0.25) is 0 Å². The molecule has 1 aromatic heterocycles. The number of hydrogen-bond acceptors (Lipinski definition) is 2. The number of rotatable bonds is 3. The van der Waals surface area contributed by atoms with E-state index in [4.69, 9.17) is 5.73 Å². The van der Waals surface area contributed by atoms with E-state index in [1.54, 1.807) is 6.20 Å². The average molecular weight is 255 g/mol. The third-order valence-electron chi connectivity index (χ3n) is 2.53. The number of alkyl halides is 3. The maximum Gasteiger partial charge on any atom is 0.416 e. The molecule has 0 bridgehead atoms. The smallest absolute Gasteiger partial charge is 0.342 e. The van der Waals surface area contributed by atoms with Crippen LogP contribution in [0.5, 0.6) is 0 Å². The quantitative estimate of drug-likeness (QED) is 0.885. The molecule has 0 aliphatic carbocycles. The zero-order chi connectivity index (χ0) is 13.2. The van der Waals surface area contributed by atoms with Gasteiger partial charge >= 0.3 is 6.18 Å². The molecule has 96 valence electrons. The number of imidazole rings is 1. The van der Waals surface area contributed by atoms with E-state index in [0.29, 0.717) is 24.4 Å². The van der Waals surface area contributed by atoms with Crippen molar-refractivity contribution in [3.63, 3.8) is 0 Å². The predicted octanol–water partition coefficient (Wildman–Crippen LogP) is 2.60. The fourth-order valence-corrected chi connectivity index (χ4v) is 1.61. The summed E-state index contributed by atoms with van der Waals surface area (Å²) in [6.07, 6.45) is -2.01. The highest BCUT2D eigenvalue weighted by molar-refractivity contribution is 5.55. The minimum atomic E-state index is -4.31. The van der Waals surface area contributed by atoms with Gasteiger partial charge in [0.15, 0.2) is 0 Å². The van der Waals surface area contributed by atoms with Crippen LogP contribution in [-0.4, -0.2) is 16.5 Å². The molecule has 0 radical (unpaired) electrons. The van der Waals surface area contributed by atoms with E-state index >= 15 is 0 Å². The van der Waals surface area contributed by atoms with E-state index in [1.165, 1.54) is 12.1 Å². The van der Waals surface area contributed by atoms with E-state index in [2.05, 4.69) is 9.97 Å². The van der Waals surface area contributed by atoms with Crippen molar-refractivity contribution in [2.45, 2.75) is 12.6 Å². The number of halogens is 3. The highest BCUT2D eigenvalue weighted by Gasteiger charge is 2.30. The van der Waals surface area contributed by atoms with Gasteiger partial charge < -0.3 is 10.7 Å². The second kappa shape index (κ2) is 4.81. The summed E-state index contributed by atoms with van der Waals surface area (Å²) in [5.41, 5.74) is 6.22. The molecular weight excluding hydrogens is 243 g/mol. The molecule has 2 rings (SSSR count). The largest absolute Gasteiger partial charge is 0.416 e. The first-order chi connectivity index (χ1) is 8.50. The summed E-state index contributed by atoms with van der Waals surface area (Å²) >= 11 is 0. The average Bonchev–Trinajstić information content (AvgIpc) is 2.77. The maximum absolute atomic E-state index is 12.4. The molecular formula is C12H12F3N3. The van der Waals surface area contributed by atoms with Gasteiger partial charge in [0.25, 0.3) is 0 Å². The number of hydrogen-bond donors (Lipinski definition) is 2. The van der Waals surface area contributed by atoms with Crippen LogP contribution in [0.25, 0.3) is 11.4 Å². The lowest BCUT2D eigenvalue weighted by molar-refractivity contribution is -0.137. The molecule has 3 N–H and O–H groups in total. The highest BCUT2D eigenvalue weighted by atomic mass is 19.4. The molecule has 0 aliphatic rings. The monoisotopic (exact) mass is 255 g/mol. The molecule has 3 nitrogen and oxygen atoms in total. The van der Waals surface area contributed by atoms with Crippen molar-refractivity contribution in [3.05, 3.63) is 41.7 Å². The van der Waals surface area contributed by atoms with Crippen molar-refractivity contribution in [1.82, 2.24) is 9.97 Å². The number of aromatic amines is 1. The van der Waals surface area contributed by atoms with Crippen molar-refractivity contribution in [2.75, 3.05) is 6.54 Å². The van der Waals surface area contributed by atoms with Crippen molar-refractivity contribution in [2.24, 2.45) is 5.73 Å². The van der Waals surface area contributed by atoms with E-state index < -0.39 is 11.7 Å². The SMILES string of the molecule is NCCc1cnc(-c2ccc(C(F)(F)F)cc2)[nH]1. The van der Waals surface area contributed by atoms with Crippen LogP contribution in [0.15, 0.2) is 30.5 Å². The van der Waals surface area contributed by atoms with Gasteiger partial charge in [-0.3, -0.25) is 0 Å². The topological polar surface area (TPSA) is 54.7 Å². The third kappa shape index (κ3) is 2.70. The van der Waals surface area contributed by atoms with E-state index in [-0.39, 0.29) is 0 Å². The first-order valence-corrected chi connectivity index (χ1v) is 5.42. The minimum absolute atomic E-state index is 0.495. The zero-order valence-corrected chi connectivity index (χ0v) is 9.46. The molecule has 6 heteroatoms. The Morgan fingerprint density at radius 1 is 1.17 bits per heavy atom. The van der Waals surface area contributed by atoms with Gasteiger partial charge in [-0.1, -0.05) is 12.1 Å². The maximum atomic E-state index is 12.4. The van der Waals surface area contributed by atoms with Crippen LogP contribution >= 0.6 is 0 Å². The first kappa shape index (κ1) is 12.6. The molecule has 0 spiro atoms. The molecule has 0 saturated heterocycles. The predicted molar refractivity (Wildman–Crippen MR) is 61.8 cm³/mol. The normalized spacial score (nSPS) is 11.8. The summed E-state index contributed by atoms with van der Waals surface area (Å²) in [6, 6.07) is 4.88. The van der Waals surface area contributed by atoms with Crippen molar-refractivity contribution in [1.29, 1.82) is 0 Å². The van der Waals surface area contributed by atoms with Crippen molar-refractivity contribution in [3.8, 4) is 11.4 Å². The number of H-pyrrole nitrogens is 1. The van der Waals surface area contributed by atoms with Gasteiger partial charge in [-0.05, 0) is 18.7 Å².